The molecule has 3 aromatic rings. The Kier molecular flexibility index (Phi) is 6.74. The molecule has 0 saturated carbocycles. The van der Waals surface area contributed by atoms with Crippen LogP contribution >= 0.6 is 11.6 Å². The molecule has 1 aromatic heterocycles. The third-order valence-electron chi connectivity index (χ3n) is 4.57. The minimum Gasteiger partial charge on any atom is -0.484 e. The molecule has 1 unspecified atom stereocenters. The fraction of sp³-hybridized carbons (Fsp3) is 0.227. The Balaban J connectivity index is 1.64. The maximum Gasteiger partial charge on any atom is 0.287 e. The lowest BCUT2D eigenvalue weighted by Gasteiger charge is -2.17. The first-order chi connectivity index (χ1) is 14.4. The van der Waals surface area contributed by atoms with Crippen LogP contribution in [0.5, 0.6) is 5.75 Å². The predicted molar refractivity (Wildman–Crippen MR) is 113 cm³/mol. The van der Waals surface area contributed by atoms with Gasteiger partial charge in [0.05, 0.1) is 22.1 Å². The average molecular weight is 429 g/mol. The van der Waals surface area contributed by atoms with Gasteiger partial charge in [0.15, 0.2) is 5.76 Å². The van der Waals surface area contributed by atoms with E-state index < -0.39 is 4.92 Å². The Morgan fingerprint density at radius 2 is 1.93 bits per heavy atom. The summed E-state index contributed by atoms with van der Waals surface area (Å²) in [5, 5.41) is 14.1. The molecule has 3 rings (SSSR count). The summed E-state index contributed by atoms with van der Waals surface area (Å²) in [6, 6.07) is 15.0. The Bertz CT molecular complexity index is 1050. The van der Waals surface area contributed by atoms with E-state index in [1.165, 1.54) is 18.2 Å². The number of furan rings is 1. The molecule has 30 heavy (non-hydrogen) atoms. The van der Waals surface area contributed by atoms with Gasteiger partial charge in [-0.15, -0.1) is 0 Å². The summed E-state index contributed by atoms with van der Waals surface area (Å²) in [5.74, 6) is 0.385. The number of carbonyl (C=O) groups excluding carboxylic acids is 1. The summed E-state index contributed by atoms with van der Waals surface area (Å²) >= 11 is 6.02. The lowest BCUT2D eigenvalue weighted by atomic mass is 10.0. The normalized spacial score (nSPS) is 11.7. The monoisotopic (exact) mass is 428 g/mol. The predicted octanol–water partition coefficient (Wildman–Crippen LogP) is 5.61. The Labute approximate surface area is 178 Å². The van der Waals surface area contributed by atoms with Crippen LogP contribution in [-0.4, -0.2) is 10.8 Å². The van der Waals surface area contributed by atoms with E-state index in [9.17, 15) is 14.9 Å². The zero-order chi connectivity index (χ0) is 21.7. The van der Waals surface area contributed by atoms with Gasteiger partial charge in [-0.25, -0.2) is 0 Å². The Morgan fingerprint density at radius 3 is 2.60 bits per heavy atom. The second-order valence-electron chi connectivity index (χ2n) is 6.77. The van der Waals surface area contributed by atoms with Gasteiger partial charge in [0.1, 0.15) is 18.1 Å². The van der Waals surface area contributed by atoms with E-state index in [2.05, 4.69) is 5.32 Å². The summed E-state index contributed by atoms with van der Waals surface area (Å²) in [5.41, 5.74) is 2.04. The second-order valence-corrected chi connectivity index (χ2v) is 7.18. The van der Waals surface area contributed by atoms with Gasteiger partial charge in [0.25, 0.3) is 11.6 Å². The van der Waals surface area contributed by atoms with E-state index in [1.807, 2.05) is 38.1 Å². The summed E-state index contributed by atoms with van der Waals surface area (Å²) < 4.78 is 11.1. The van der Waals surface area contributed by atoms with Crippen molar-refractivity contribution in [2.75, 3.05) is 0 Å². The molecule has 0 spiro atoms. The summed E-state index contributed by atoms with van der Waals surface area (Å²) in [6.07, 6.45) is 0.733. The zero-order valence-corrected chi connectivity index (χ0v) is 17.3. The van der Waals surface area contributed by atoms with Gasteiger partial charge in [-0.3, -0.25) is 14.9 Å². The summed E-state index contributed by atoms with van der Waals surface area (Å²) in [7, 11) is 0. The van der Waals surface area contributed by atoms with E-state index in [0.717, 1.165) is 17.5 Å². The van der Waals surface area contributed by atoms with Gasteiger partial charge in [-0.05, 0) is 37.1 Å². The number of hydrogen-bond acceptors (Lipinski definition) is 5. The van der Waals surface area contributed by atoms with Crippen LogP contribution < -0.4 is 10.1 Å². The first-order valence-electron chi connectivity index (χ1n) is 9.40. The number of nitrogens with zero attached hydrogens (tertiary/aromatic N) is 1. The number of amides is 1. The molecule has 0 radical (unpaired) electrons. The molecule has 156 valence electrons. The molecular weight excluding hydrogens is 408 g/mol. The smallest absolute Gasteiger partial charge is 0.287 e. The van der Waals surface area contributed by atoms with E-state index in [4.69, 9.17) is 20.8 Å². The minimum absolute atomic E-state index is 0.0245. The van der Waals surface area contributed by atoms with Crippen molar-refractivity contribution in [2.45, 2.75) is 32.9 Å². The molecule has 2 aromatic carbocycles. The molecule has 1 atom stereocenters. The number of nitro benzene ring substituents is 1. The molecule has 0 saturated heterocycles. The molecule has 0 aliphatic carbocycles. The standard InChI is InChI=1S/C22H21ClN2O5/c1-3-19(15-6-4-14(2)5-7-15)24-22(26)20-11-9-17(30-20)13-29-21-12-16(25(27)28)8-10-18(21)23/h4-12,19H,3,13H2,1-2H3,(H,24,26). The molecule has 1 amide bonds. The maximum absolute atomic E-state index is 12.6. The number of nitrogens with one attached hydrogen (secondary N) is 1. The lowest BCUT2D eigenvalue weighted by molar-refractivity contribution is -0.384. The van der Waals surface area contributed by atoms with E-state index in [0.29, 0.717) is 5.76 Å². The summed E-state index contributed by atoms with van der Waals surface area (Å²) in [6.45, 7) is 3.98. The molecule has 1 N–H and O–H groups in total. The number of non-ortho nitro benzene ring substituents is 1. The zero-order valence-electron chi connectivity index (χ0n) is 16.6. The van der Waals surface area contributed by atoms with Crippen LogP contribution in [0, 0.1) is 17.0 Å². The van der Waals surface area contributed by atoms with Crippen molar-refractivity contribution >= 4 is 23.2 Å². The van der Waals surface area contributed by atoms with Crippen molar-refractivity contribution in [2.24, 2.45) is 0 Å². The molecule has 0 bridgehead atoms. The van der Waals surface area contributed by atoms with Crippen LogP contribution in [0.15, 0.2) is 59.0 Å². The Hall–Kier alpha value is -3.32. The van der Waals surface area contributed by atoms with Crippen LogP contribution in [0.2, 0.25) is 5.02 Å². The molecule has 0 aliphatic heterocycles. The van der Waals surface area contributed by atoms with Gasteiger partial charge in [0.2, 0.25) is 0 Å². The van der Waals surface area contributed by atoms with Gasteiger partial charge in [-0.1, -0.05) is 48.4 Å². The highest BCUT2D eigenvalue weighted by molar-refractivity contribution is 6.32. The number of carbonyl (C=O) groups is 1. The van der Waals surface area contributed by atoms with Crippen molar-refractivity contribution in [1.82, 2.24) is 5.32 Å². The van der Waals surface area contributed by atoms with Crippen molar-refractivity contribution < 1.29 is 18.9 Å². The van der Waals surface area contributed by atoms with E-state index in [1.54, 1.807) is 12.1 Å². The highest BCUT2D eigenvalue weighted by atomic mass is 35.5. The highest BCUT2D eigenvalue weighted by Crippen LogP contribution is 2.29. The van der Waals surface area contributed by atoms with Gasteiger partial charge < -0.3 is 14.5 Å². The minimum atomic E-state index is -0.531. The molecule has 0 aliphatic rings. The van der Waals surface area contributed by atoms with Crippen molar-refractivity contribution in [3.63, 3.8) is 0 Å². The lowest BCUT2D eigenvalue weighted by Crippen LogP contribution is -2.27. The summed E-state index contributed by atoms with van der Waals surface area (Å²) in [4.78, 5) is 22.9. The molecule has 0 fully saturated rings. The van der Waals surface area contributed by atoms with Crippen LogP contribution in [0.4, 0.5) is 5.69 Å². The first-order valence-corrected chi connectivity index (χ1v) is 9.78. The number of halogens is 1. The van der Waals surface area contributed by atoms with Gasteiger partial charge in [0, 0.05) is 6.07 Å². The molecule has 8 heteroatoms. The number of ether oxygens (including phenoxy) is 1. The SMILES string of the molecule is CCC(NC(=O)c1ccc(COc2cc([N+](=O)[O-])ccc2Cl)o1)c1ccc(C)cc1. The fourth-order valence-electron chi connectivity index (χ4n) is 2.89. The van der Waals surface area contributed by atoms with Gasteiger partial charge in [-0.2, -0.15) is 0 Å². The average Bonchev–Trinajstić information content (AvgIpc) is 3.21. The number of hydrogen-bond donors (Lipinski definition) is 1. The van der Waals surface area contributed by atoms with Crippen LogP contribution in [-0.2, 0) is 6.61 Å². The molecule has 1 heterocycles. The highest BCUT2D eigenvalue weighted by Gasteiger charge is 2.18. The first kappa shape index (κ1) is 21.4. The third kappa shape index (κ3) is 5.18. The number of nitro groups is 1. The van der Waals surface area contributed by atoms with Crippen molar-refractivity contribution in [3.8, 4) is 5.75 Å². The number of rotatable bonds is 8. The van der Waals surface area contributed by atoms with E-state index >= 15 is 0 Å². The second kappa shape index (κ2) is 9.45. The van der Waals surface area contributed by atoms with Crippen LogP contribution in [0.3, 0.4) is 0 Å². The molecular formula is C22H21ClN2O5. The largest absolute Gasteiger partial charge is 0.484 e. The van der Waals surface area contributed by atoms with Crippen LogP contribution in [0.1, 0.15) is 46.8 Å². The van der Waals surface area contributed by atoms with Gasteiger partial charge >= 0.3 is 0 Å². The quantitative estimate of drug-likeness (QED) is 0.371. The number of aryl methyl sites for hydroxylation is 1. The fourth-order valence-corrected chi connectivity index (χ4v) is 3.06. The van der Waals surface area contributed by atoms with Crippen molar-refractivity contribution in [3.05, 3.63) is 92.4 Å². The third-order valence-corrected chi connectivity index (χ3v) is 4.89. The Morgan fingerprint density at radius 1 is 1.20 bits per heavy atom. The van der Waals surface area contributed by atoms with Crippen molar-refractivity contribution in [1.29, 1.82) is 0 Å². The van der Waals surface area contributed by atoms with E-state index in [-0.39, 0.29) is 40.8 Å². The maximum atomic E-state index is 12.6. The number of benzene rings is 2. The van der Waals surface area contributed by atoms with Crippen LogP contribution in [0.25, 0.3) is 0 Å². The topological polar surface area (TPSA) is 94.6 Å². The molecule has 7 nitrogen and oxygen atoms in total.